The van der Waals surface area contributed by atoms with Crippen LogP contribution in [0.15, 0.2) is 18.6 Å². The van der Waals surface area contributed by atoms with Crippen LogP contribution in [0.4, 0.5) is 5.82 Å². The number of hydrogen-bond acceptors (Lipinski definition) is 7. The van der Waals surface area contributed by atoms with E-state index in [4.69, 9.17) is 5.73 Å². The molecule has 30 heavy (non-hydrogen) atoms. The van der Waals surface area contributed by atoms with Gasteiger partial charge in [-0.1, -0.05) is 0 Å². The van der Waals surface area contributed by atoms with Gasteiger partial charge in [0, 0.05) is 36.7 Å². The number of carbonyl (C=O) groups is 2. The average molecular weight is 412 g/mol. The molecule has 1 saturated heterocycles. The van der Waals surface area contributed by atoms with E-state index in [1.54, 1.807) is 6.92 Å². The number of nitrogens with zero attached hydrogens (tertiary/aromatic N) is 5. The lowest BCUT2D eigenvalue weighted by atomic mass is 9.90. The van der Waals surface area contributed by atoms with Crippen LogP contribution in [0, 0.1) is 19.8 Å². The molecule has 1 aliphatic heterocycles. The number of piperidine rings is 1. The van der Waals surface area contributed by atoms with E-state index in [1.165, 1.54) is 18.6 Å². The fourth-order valence-corrected chi connectivity index (χ4v) is 3.88. The molecule has 3 N–H and O–H groups in total. The Morgan fingerprint density at radius 1 is 1.23 bits per heavy atom. The fourth-order valence-electron chi connectivity index (χ4n) is 3.88. The Labute approximate surface area is 176 Å². The van der Waals surface area contributed by atoms with E-state index < -0.39 is 11.9 Å². The first-order valence-electron chi connectivity index (χ1n) is 10.3. The molecule has 2 aromatic rings. The molecule has 160 valence electrons. The second kappa shape index (κ2) is 9.60. The van der Waals surface area contributed by atoms with Gasteiger partial charge in [0.15, 0.2) is 0 Å². The number of amides is 2. The van der Waals surface area contributed by atoms with Crippen molar-refractivity contribution in [1.29, 1.82) is 0 Å². The number of aromatic nitrogens is 4. The molecule has 0 bridgehead atoms. The number of nitrogens with two attached hydrogens (primary N) is 1. The molecule has 9 nitrogen and oxygen atoms in total. The van der Waals surface area contributed by atoms with Crippen LogP contribution >= 0.6 is 0 Å². The summed E-state index contributed by atoms with van der Waals surface area (Å²) in [5.41, 5.74) is 8.24. The van der Waals surface area contributed by atoms with Gasteiger partial charge >= 0.3 is 0 Å². The van der Waals surface area contributed by atoms with Crippen molar-refractivity contribution in [3.8, 4) is 0 Å². The summed E-state index contributed by atoms with van der Waals surface area (Å²) in [6.45, 7) is 6.89. The Morgan fingerprint density at radius 2 is 1.97 bits per heavy atom. The average Bonchev–Trinajstić information content (AvgIpc) is 2.73. The number of nitrogens with one attached hydrogen (secondary N) is 1. The number of likely N-dealkylation sites (tertiary alicyclic amines) is 1. The van der Waals surface area contributed by atoms with E-state index in [2.05, 4.69) is 25.3 Å². The highest BCUT2D eigenvalue weighted by Crippen LogP contribution is 2.25. The molecular weight excluding hydrogens is 382 g/mol. The minimum Gasteiger partial charge on any atom is -0.383 e. The molecule has 0 saturated carbocycles. The zero-order valence-electron chi connectivity index (χ0n) is 17.8. The maximum atomic E-state index is 12.7. The minimum atomic E-state index is -0.608. The highest BCUT2D eigenvalue weighted by Gasteiger charge is 2.27. The quantitative estimate of drug-likeness (QED) is 0.736. The van der Waals surface area contributed by atoms with E-state index in [0.717, 1.165) is 36.9 Å². The lowest BCUT2D eigenvalue weighted by Crippen LogP contribution is -2.49. The van der Waals surface area contributed by atoms with Crippen LogP contribution in [0.2, 0.25) is 0 Å². The molecule has 0 aromatic carbocycles. The van der Waals surface area contributed by atoms with Crippen molar-refractivity contribution in [3.05, 3.63) is 41.4 Å². The molecule has 1 fully saturated rings. The molecule has 0 spiro atoms. The minimum absolute atomic E-state index is 0.0716. The SMILES string of the molecule is Cc1nc(C)c(CCC2CCN(C(=O)[C@H](C)NC(=O)c3cnccn3)CC2)c(N)n1. The largest absolute Gasteiger partial charge is 0.383 e. The highest BCUT2D eigenvalue weighted by molar-refractivity contribution is 5.95. The second-order valence-corrected chi connectivity index (χ2v) is 7.81. The number of hydrogen-bond donors (Lipinski definition) is 2. The van der Waals surface area contributed by atoms with Crippen LogP contribution < -0.4 is 11.1 Å². The molecule has 3 rings (SSSR count). The van der Waals surface area contributed by atoms with E-state index in [9.17, 15) is 9.59 Å². The molecule has 3 heterocycles. The first kappa shape index (κ1) is 21.6. The van der Waals surface area contributed by atoms with Gasteiger partial charge in [0.05, 0.1) is 6.20 Å². The van der Waals surface area contributed by atoms with Crippen LogP contribution in [0.1, 0.15) is 53.8 Å². The number of aryl methyl sites for hydroxylation is 2. The lowest BCUT2D eigenvalue weighted by molar-refractivity contribution is -0.134. The summed E-state index contributed by atoms with van der Waals surface area (Å²) in [7, 11) is 0. The van der Waals surface area contributed by atoms with E-state index in [1.807, 2.05) is 18.7 Å². The zero-order chi connectivity index (χ0) is 21.7. The van der Waals surface area contributed by atoms with Crippen LogP contribution in [-0.2, 0) is 11.2 Å². The van der Waals surface area contributed by atoms with Gasteiger partial charge in [0.1, 0.15) is 23.4 Å². The predicted octanol–water partition coefficient (Wildman–Crippen LogP) is 1.46. The highest BCUT2D eigenvalue weighted by atomic mass is 16.2. The summed E-state index contributed by atoms with van der Waals surface area (Å²) in [6, 6.07) is -0.608. The predicted molar refractivity (Wildman–Crippen MR) is 113 cm³/mol. The van der Waals surface area contributed by atoms with Crippen molar-refractivity contribution < 1.29 is 9.59 Å². The van der Waals surface area contributed by atoms with Crippen molar-refractivity contribution in [1.82, 2.24) is 30.2 Å². The maximum Gasteiger partial charge on any atom is 0.272 e. The Hall–Kier alpha value is -3.10. The Morgan fingerprint density at radius 3 is 2.60 bits per heavy atom. The number of carbonyl (C=O) groups excluding carboxylic acids is 2. The van der Waals surface area contributed by atoms with Crippen LogP contribution in [0.25, 0.3) is 0 Å². The monoisotopic (exact) mass is 411 g/mol. The van der Waals surface area contributed by atoms with Crippen LogP contribution in [-0.4, -0.2) is 55.8 Å². The molecular formula is C21H29N7O2. The molecule has 0 unspecified atom stereocenters. The standard InChI is InChI=1S/C21H29N7O2/c1-13-17(19(22)27-15(3)25-13)5-4-16-6-10-28(11-7-16)21(30)14(2)26-20(29)18-12-23-8-9-24-18/h8-9,12,14,16H,4-7,10-11H2,1-3H3,(H,26,29)(H2,22,25,27)/t14-/m0/s1. The van der Waals surface area contributed by atoms with Gasteiger partial charge in [-0.15, -0.1) is 0 Å². The topological polar surface area (TPSA) is 127 Å². The third-order valence-electron chi connectivity index (χ3n) is 5.60. The third kappa shape index (κ3) is 5.28. The van der Waals surface area contributed by atoms with Gasteiger partial charge < -0.3 is 16.0 Å². The summed E-state index contributed by atoms with van der Waals surface area (Å²) in [4.78, 5) is 43.2. The van der Waals surface area contributed by atoms with Gasteiger partial charge in [0.25, 0.3) is 5.91 Å². The van der Waals surface area contributed by atoms with Crippen molar-refractivity contribution >= 4 is 17.6 Å². The summed E-state index contributed by atoms with van der Waals surface area (Å²) in [5, 5.41) is 2.71. The van der Waals surface area contributed by atoms with E-state index in [0.29, 0.717) is 30.6 Å². The van der Waals surface area contributed by atoms with Gasteiger partial charge in [0.2, 0.25) is 5.91 Å². The van der Waals surface area contributed by atoms with Crippen LogP contribution in [0.3, 0.4) is 0 Å². The Kier molecular flexibility index (Phi) is 6.91. The Balaban J connectivity index is 1.47. The van der Waals surface area contributed by atoms with Crippen molar-refractivity contribution in [2.45, 2.75) is 52.5 Å². The van der Waals surface area contributed by atoms with E-state index >= 15 is 0 Å². The third-order valence-corrected chi connectivity index (χ3v) is 5.60. The summed E-state index contributed by atoms with van der Waals surface area (Å²) < 4.78 is 0. The molecule has 0 aliphatic carbocycles. The van der Waals surface area contributed by atoms with Crippen molar-refractivity contribution in [2.24, 2.45) is 5.92 Å². The first-order chi connectivity index (χ1) is 14.3. The Bertz CT molecular complexity index is 872. The number of rotatable bonds is 6. The molecule has 0 radical (unpaired) electrons. The number of anilines is 1. The molecule has 1 atom stereocenters. The lowest BCUT2D eigenvalue weighted by Gasteiger charge is -2.33. The molecule has 2 amide bonds. The summed E-state index contributed by atoms with van der Waals surface area (Å²) in [5.74, 6) is 1.32. The van der Waals surface area contributed by atoms with Gasteiger partial charge in [-0.05, 0) is 52.4 Å². The zero-order valence-corrected chi connectivity index (χ0v) is 17.8. The van der Waals surface area contributed by atoms with Crippen LogP contribution in [0.5, 0.6) is 0 Å². The maximum absolute atomic E-state index is 12.7. The second-order valence-electron chi connectivity index (χ2n) is 7.81. The normalized spacial score (nSPS) is 15.6. The van der Waals surface area contributed by atoms with Gasteiger partial charge in [-0.25, -0.2) is 15.0 Å². The van der Waals surface area contributed by atoms with Crippen molar-refractivity contribution in [3.63, 3.8) is 0 Å². The van der Waals surface area contributed by atoms with Gasteiger partial charge in [-0.2, -0.15) is 0 Å². The van der Waals surface area contributed by atoms with Gasteiger partial charge in [-0.3, -0.25) is 14.6 Å². The fraction of sp³-hybridized carbons (Fsp3) is 0.524. The number of nitrogen functional groups attached to an aromatic ring is 1. The first-order valence-corrected chi connectivity index (χ1v) is 10.3. The van der Waals surface area contributed by atoms with E-state index in [-0.39, 0.29) is 11.6 Å². The molecule has 9 heteroatoms. The summed E-state index contributed by atoms with van der Waals surface area (Å²) in [6.07, 6.45) is 8.04. The smallest absolute Gasteiger partial charge is 0.272 e. The summed E-state index contributed by atoms with van der Waals surface area (Å²) >= 11 is 0. The molecule has 2 aromatic heterocycles. The molecule has 1 aliphatic rings. The van der Waals surface area contributed by atoms with Crippen molar-refractivity contribution in [2.75, 3.05) is 18.8 Å².